The molecule has 1 nitrogen and oxygen atoms in total. The molecule has 1 N–H and O–H groups in total. The molecular formula is C14H13BrCl2FNS. The number of likely N-dealkylation sites (N-methyl/N-ethyl adjacent to an activating group) is 1. The number of hydrogen-bond acceptors (Lipinski definition) is 2. The SMILES string of the molecule is CCNC(Cc1c(F)cccc1Cl)c1cc(Cl)c(Br)s1. The van der Waals surface area contributed by atoms with Crippen LogP contribution in [-0.2, 0) is 6.42 Å². The first-order chi connectivity index (χ1) is 9.52. The Labute approximate surface area is 140 Å². The highest BCUT2D eigenvalue weighted by Gasteiger charge is 2.19. The summed E-state index contributed by atoms with van der Waals surface area (Å²) in [6.07, 6.45) is 0.489. The molecule has 0 aliphatic carbocycles. The van der Waals surface area contributed by atoms with Crippen molar-refractivity contribution in [3.8, 4) is 0 Å². The minimum Gasteiger partial charge on any atom is -0.309 e. The molecule has 2 rings (SSSR count). The molecule has 0 bridgehead atoms. The van der Waals surface area contributed by atoms with E-state index in [2.05, 4.69) is 21.2 Å². The first-order valence-electron chi connectivity index (χ1n) is 6.14. The molecule has 1 aromatic carbocycles. The van der Waals surface area contributed by atoms with E-state index in [1.54, 1.807) is 23.5 Å². The monoisotopic (exact) mass is 395 g/mol. The molecule has 0 aliphatic rings. The highest BCUT2D eigenvalue weighted by atomic mass is 79.9. The maximum absolute atomic E-state index is 13.9. The Morgan fingerprint density at radius 3 is 2.65 bits per heavy atom. The fourth-order valence-electron chi connectivity index (χ4n) is 1.99. The van der Waals surface area contributed by atoms with Crippen LogP contribution in [0.15, 0.2) is 28.1 Å². The summed E-state index contributed by atoms with van der Waals surface area (Å²) in [4.78, 5) is 1.06. The zero-order valence-electron chi connectivity index (χ0n) is 10.7. The normalized spacial score (nSPS) is 12.7. The lowest BCUT2D eigenvalue weighted by Crippen LogP contribution is -2.22. The maximum atomic E-state index is 13.9. The first kappa shape index (κ1) is 16.2. The zero-order chi connectivity index (χ0) is 14.7. The van der Waals surface area contributed by atoms with Gasteiger partial charge in [0.25, 0.3) is 0 Å². The van der Waals surface area contributed by atoms with Crippen molar-refractivity contribution in [1.82, 2.24) is 5.32 Å². The Morgan fingerprint density at radius 1 is 1.35 bits per heavy atom. The minimum absolute atomic E-state index is 0.0109. The molecule has 0 fully saturated rings. The van der Waals surface area contributed by atoms with Crippen LogP contribution in [0.3, 0.4) is 0 Å². The van der Waals surface area contributed by atoms with Gasteiger partial charge < -0.3 is 5.32 Å². The van der Waals surface area contributed by atoms with E-state index in [0.717, 1.165) is 15.2 Å². The van der Waals surface area contributed by atoms with Crippen molar-refractivity contribution in [3.05, 3.63) is 54.4 Å². The van der Waals surface area contributed by atoms with Crippen LogP contribution in [0.5, 0.6) is 0 Å². The second kappa shape index (κ2) is 7.23. The van der Waals surface area contributed by atoms with Crippen LogP contribution in [-0.4, -0.2) is 6.54 Å². The second-order valence-electron chi connectivity index (χ2n) is 4.29. The van der Waals surface area contributed by atoms with Crippen LogP contribution in [0.4, 0.5) is 4.39 Å². The average Bonchev–Trinajstić information content (AvgIpc) is 2.73. The van der Waals surface area contributed by atoms with Crippen molar-refractivity contribution in [2.24, 2.45) is 0 Å². The third kappa shape index (κ3) is 3.74. The lowest BCUT2D eigenvalue weighted by Gasteiger charge is -2.17. The number of hydrogen-bond donors (Lipinski definition) is 1. The third-order valence-electron chi connectivity index (χ3n) is 2.93. The standard InChI is InChI=1S/C14H13BrCl2FNS/c1-2-19-12(13-7-10(17)14(15)20-13)6-8-9(16)4-3-5-11(8)18/h3-5,7,12,19H,2,6H2,1H3. The highest BCUT2D eigenvalue weighted by Crippen LogP contribution is 2.37. The van der Waals surface area contributed by atoms with Gasteiger partial charge >= 0.3 is 0 Å². The van der Waals surface area contributed by atoms with Gasteiger partial charge in [0, 0.05) is 21.5 Å². The van der Waals surface area contributed by atoms with Gasteiger partial charge in [0.05, 0.1) is 8.81 Å². The van der Waals surface area contributed by atoms with E-state index in [4.69, 9.17) is 23.2 Å². The molecule has 0 radical (unpaired) electrons. The Hall–Kier alpha value is -0.130. The van der Waals surface area contributed by atoms with Crippen LogP contribution in [0.25, 0.3) is 0 Å². The molecule has 1 atom stereocenters. The minimum atomic E-state index is -0.276. The number of thiophene rings is 1. The summed E-state index contributed by atoms with van der Waals surface area (Å²) < 4.78 is 14.8. The number of rotatable bonds is 5. The van der Waals surface area contributed by atoms with Crippen molar-refractivity contribution in [3.63, 3.8) is 0 Å². The van der Waals surface area contributed by atoms with Crippen LogP contribution in [0, 0.1) is 5.82 Å². The summed E-state index contributed by atoms with van der Waals surface area (Å²) in [5, 5.41) is 4.48. The van der Waals surface area contributed by atoms with Crippen molar-refractivity contribution in [2.75, 3.05) is 6.54 Å². The van der Waals surface area contributed by atoms with Crippen molar-refractivity contribution < 1.29 is 4.39 Å². The molecule has 1 unspecified atom stereocenters. The fraction of sp³-hybridized carbons (Fsp3) is 0.286. The number of benzene rings is 1. The Morgan fingerprint density at radius 2 is 2.10 bits per heavy atom. The molecule has 6 heteroatoms. The molecule has 1 heterocycles. The van der Waals surface area contributed by atoms with Crippen molar-refractivity contribution in [2.45, 2.75) is 19.4 Å². The van der Waals surface area contributed by atoms with Crippen molar-refractivity contribution >= 4 is 50.5 Å². The zero-order valence-corrected chi connectivity index (χ0v) is 14.6. The Kier molecular flexibility index (Phi) is 5.87. The van der Waals surface area contributed by atoms with E-state index in [-0.39, 0.29) is 11.9 Å². The van der Waals surface area contributed by atoms with E-state index < -0.39 is 0 Å². The van der Waals surface area contributed by atoms with Gasteiger partial charge in [-0.05, 0) is 47.1 Å². The van der Waals surface area contributed by atoms with Crippen LogP contribution in [0.2, 0.25) is 10.0 Å². The second-order valence-corrected chi connectivity index (χ2v) is 7.50. The molecular weight excluding hydrogens is 384 g/mol. The lowest BCUT2D eigenvalue weighted by molar-refractivity contribution is 0.534. The molecule has 0 saturated heterocycles. The molecule has 108 valence electrons. The summed E-state index contributed by atoms with van der Waals surface area (Å²) >= 11 is 17.1. The van der Waals surface area contributed by atoms with Crippen LogP contribution >= 0.6 is 50.5 Å². The molecule has 0 amide bonds. The number of halogens is 4. The molecule has 0 spiro atoms. The summed E-state index contributed by atoms with van der Waals surface area (Å²) in [7, 11) is 0. The molecule has 1 aromatic heterocycles. The lowest BCUT2D eigenvalue weighted by atomic mass is 10.0. The van der Waals surface area contributed by atoms with Crippen LogP contribution in [0.1, 0.15) is 23.4 Å². The topological polar surface area (TPSA) is 12.0 Å². The molecule has 0 aliphatic heterocycles. The Bertz CT molecular complexity index is 563. The largest absolute Gasteiger partial charge is 0.309 e. The summed E-state index contributed by atoms with van der Waals surface area (Å²) in [6, 6.07) is 6.64. The summed E-state index contributed by atoms with van der Waals surface area (Å²) in [5.74, 6) is -0.276. The fourth-order valence-corrected chi connectivity index (χ4v) is 4.05. The predicted molar refractivity (Wildman–Crippen MR) is 88.6 cm³/mol. The molecule has 20 heavy (non-hydrogen) atoms. The van der Waals surface area contributed by atoms with Gasteiger partial charge in [0.2, 0.25) is 0 Å². The van der Waals surface area contributed by atoms with Gasteiger partial charge in [-0.25, -0.2) is 4.39 Å². The van der Waals surface area contributed by atoms with E-state index >= 15 is 0 Å². The van der Waals surface area contributed by atoms with Gasteiger partial charge in [-0.1, -0.05) is 36.2 Å². The first-order valence-corrected chi connectivity index (χ1v) is 8.50. The summed E-state index contributed by atoms with van der Waals surface area (Å²) in [6.45, 7) is 2.80. The van der Waals surface area contributed by atoms with E-state index in [1.807, 2.05) is 13.0 Å². The van der Waals surface area contributed by atoms with Gasteiger partial charge in [-0.2, -0.15) is 0 Å². The third-order valence-corrected chi connectivity index (χ3v) is 5.87. The average molecular weight is 397 g/mol. The van der Waals surface area contributed by atoms with Crippen molar-refractivity contribution in [1.29, 1.82) is 0 Å². The summed E-state index contributed by atoms with van der Waals surface area (Å²) in [5.41, 5.74) is 0.528. The predicted octanol–water partition coefficient (Wildman–Crippen LogP) is 5.85. The molecule has 2 aromatic rings. The van der Waals surface area contributed by atoms with Crippen LogP contribution < -0.4 is 5.32 Å². The van der Waals surface area contributed by atoms with Gasteiger partial charge in [0.1, 0.15) is 5.82 Å². The van der Waals surface area contributed by atoms with Gasteiger partial charge in [-0.15, -0.1) is 11.3 Å². The van der Waals surface area contributed by atoms with E-state index in [1.165, 1.54) is 6.07 Å². The van der Waals surface area contributed by atoms with Gasteiger partial charge in [-0.3, -0.25) is 0 Å². The van der Waals surface area contributed by atoms with E-state index in [9.17, 15) is 4.39 Å². The Balaban J connectivity index is 2.30. The van der Waals surface area contributed by atoms with Gasteiger partial charge in [0.15, 0.2) is 0 Å². The molecule has 0 saturated carbocycles. The smallest absolute Gasteiger partial charge is 0.127 e. The number of nitrogens with one attached hydrogen (secondary N) is 1. The maximum Gasteiger partial charge on any atom is 0.127 e. The quantitative estimate of drug-likeness (QED) is 0.668. The van der Waals surface area contributed by atoms with E-state index in [0.29, 0.717) is 22.0 Å². The highest BCUT2D eigenvalue weighted by molar-refractivity contribution is 9.11.